The van der Waals surface area contributed by atoms with E-state index in [1.807, 2.05) is 6.08 Å². The maximum atomic E-state index is 8.98. The summed E-state index contributed by atoms with van der Waals surface area (Å²) in [5.74, 6) is 1.71. The molecule has 0 spiro atoms. The largest absolute Gasteiger partial charge is 0.513 e. The fraction of sp³-hybridized carbons (Fsp3) is 0.667. The number of hydrogen-bond acceptors (Lipinski definition) is 1. The van der Waals surface area contributed by atoms with Crippen molar-refractivity contribution < 1.29 is 5.11 Å². The molecule has 0 aromatic rings. The smallest absolute Gasteiger partial charge is 0.0891 e. The Labute approximate surface area is 82.2 Å². The van der Waals surface area contributed by atoms with Crippen molar-refractivity contribution in [2.24, 2.45) is 11.8 Å². The van der Waals surface area contributed by atoms with Crippen molar-refractivity contribution in [2.45, 2.75) is 41.0 Å². The van der Waals surface area contributed by atoms with Gasteiger partial charge in [0, 0.05) is 0 Å². The van der Waals surface area contributed by atoms with E-state index in [9.17, 15) is 0 Å². The Morgan fingerprint density at radius 3 is 2.08 bits per heavy atom. The van der Waals surface area contributed by atoms with Crippen molar-refractivity contribution in [1.82, 2.24) is 0 Å². The topological polar surface area (TPSA) is 20.2 Å². The van der Waals surface area contributed by atoms with Gasteiger partial charge in [0.2, 0.25) is 0 Å². The second-order valence-corrected chi connectivity index (χ2v) is 4.25. The summed E-state index contributed by atoms with van der Waals surface area (Å²) in [6, 6.07) is 0. The van der Waals surface area contributed by atoms with Crippen LogP contribution in [-0.4, -0.2) is 5.11 Å². The van der Waals surface area contributed by atoms with Gasteiger partial charge >= 0.3 is 0 Å². The van der Waals surface area contributed by atoms with Crippen LogP contribution in [0.1, 0.15) is 41.0 Å². The lowest BCUT2D eigenvalue weighted by atomic mass is 9.92. The van der Waals surface area contributed by atoms with Gasteiger partial charge in [0.15, 0.2) is 0 Å². The average Bonchev–Trinajstić information content (AvgIpc) is 1.98. The number of aliphatic hydroxyl groups excluding tert-OH is 1. The van der Waals surface area contributed by atoms with Crippen LogP contribution in [0.3, 0.4) is 0 Å². The van der Waals surface area contributed by atoms with Gasteiger partial charge in [-0.1, -0.05) is 32.4 Å². The third-order valence-corrected chi connectivity index (χ3v) is 2.19. The Balaban J connectivity index is 4.16. The Morgan fingerprint density at radius 1 is 1.15 bits per heavy atom. The van der Waals surface area contributed by atoms with Crippen molar-refractivity contribution in [3.05, 3.63) is 23.5 Å². The third kappa shape index (κ3) is 6.44. The molecule has 1 nitrogen and oxygen atoms in total. The summed E-state index contributed by atoms with van der Waals surface area (Å²) < 4.78 is 0. The molecule has 0 amide bonds. The zero-order valence-corrected chi connectivity index (χ0v) is 9.46. The molecule has 0 aromatic carbocycles. The molecule has 0 saturated carbocycles. The van der Waals surface area contributed by atoms with Crippen LogP contribution in [0.15, 0.2) is 23.5 Å². The molecule has 13 heavy (non-hydrogen) atoms. The first-order chi connectivity index (χ1) is 5.93. The summed E-state index contributed by atoms with van der Waals surface area (Å²) in [6.45, 7) is 10.5. The van der Waals surface area contributed by atoms with Crippen molar-refractivity contribution in [3.63, 3.8) is 0 Å². The highest BCUT2D eigenvalue weighted by molar-refractivity contribution is 5.13. The van der Waals surface area contributed by atoms with E-state index in [1.165, 1.54) is 12.0 Å². The molecule has 1 N–H and O–H groups in total. The second-order valence-electron chi connectivity index (χ2n) is 4.25. The van der Waals surface area contributed by atoms with Crippen LogP contribution in [0, 0.1) is 11.8 Å². The zero-order chi connectivity index (χ0) is 10.4. The summed E-state index contributed by atoms with van der Waals surface area (Å²) in [6.07, 6.45) is 4.97. The zero-order valence-electron chi connectivity index (χ0n) is 9.46. The van der Waals surface area contributed by atoms with Crippen LogP contribution >= 0.6 is 0 Å². The van der Waals surface area contributed by atoms with Gasteiger partial charge in [-0.2, -0.15) is 0 Å². The van der Waals surface area contributed by atoms with Gasteiger partial charge in [0.05, 0.1) is 5.76 Å². The van der Waals surface area contributed by atoms with Crippen LogP contribution < -0.4 is 0 Å². The summed E-state index contributed by atoms with van der Waals surface area (Å²) in [5, 5.41) is 8.98. The number of rotatable bonds is 4. The van der Waals surface area contributed by atoms with E-state index in [1.54, 1.807) is 13.0 Å². The molecule has 0 fully saturated rings. The predicted molar refractivity (Wildman–Crippen MR) is 58.8 cm³/mol. The molecule has 0 aliphatic carbocycles. The first kappa shape index (κ1) is 12.3. The fourth-order valence-electron chi connectivity index (χ4n) is 1.31. The minimum atomic E-state index is 0.371. The Morgan fingerprint density at radius 2 is 1.69 bits per heavy atom. The van der Waals surface area contributed by atoms with E-state index in [2.05, 4.69) is 27.7 Å². The van der Waals surface area contributed by atoms with Gasteiger partial charge in [-0.3, -0.25) is 0 Å². The quantitative estimate of drug-likeness (QED) is 0.513. The molecule has 0 saturated heterocycles. The fourth-order valence-corrected chi connectivity index (χ4v) is 1.31. The second kappa shape index (κ2) is 5.85. The van der Waals surface area contributed by atoms with E-state index in [4.69, 9.17) is 5.11 Å². The van der Waals surface area contributed by atoms with Crippen LogP contribution in [0.2, 0.25) is 0 Å². The summed E-state index contributed by atoms with van der Waals surface area (Å²) in [5.41, 5.74) is 1.34. The molecule has 0 aliphatic rings. The third-order valence-electron chi connectivity index (χ3n) is 2.19. The van der Waals surface area contributed by atoms with Gasteiger partial charge in [0.25, 0.3) is 0 Å². The molecule has 1 unspecified atom stereocenters. The van der Waals surface area contributed by atoms with Crippen molar-refractivity contribution in [1.29, 1.82) is 0 Å². The van der Waals surface area contributed by atoms with Gasteiger partial charge in [-0.05, 0) is 38.2 Å². The van der Waals surface area contributed by atoms with E-state index in [-0.39, 0.29) is 0 Å². The molecule has 1 atom stereocenters. The van der Waals surface area contributed by atoms with E-state index >= 15 is 0 Å². The van der Waals surface area contributed by atoms with Gasteiger partial charge in [0.1, 0.15) is 0 Å². The Kier molecular flexibility index (Phi) is 5.52. The minimum Gasteiger partial charge on any atom is -0.513 e. The highest BCUT2D eigenvalue weighted by atomic mass is 16.3. The molecule has 0 rings (SSSR count). The number of hydrogen-bond donors (Lipinski definition) is 1. The lowest BCUT2D eigenvalue weighted by molar-refractivity contribution is 0.414. The Bertz CT molecular complexity index is 195. The van der Waals surface area contributed by atoms with Crippen molar-refractivity contribution >= 4 is 0 Å². The minimum absolute atomic E-state index is 0.371. The average molecular weight is 182 g/mol. The maximum absolute atomic E-state index is 8.98. The van der Waals surface area contributed by atoms with E-state index in [0.29, 0.717) is 11.7 Å². The highest BCUT2D eigenvalue weighted by Gasteiger charge is 2.05. The number of allylic oxidation sites excluding steroid dienone is 4. The van der Waals surface area contributed by atoms with Crippen molar-refractivity contribution in [2.75, 3.05) is 0 Å². The SMILES string of the molecule is C/C(O)=C\C=C(/C)C(C)CC(C)C. The highest BCUT2D eigenvalue weighted by Crippen LogP contribution is 2.19. The molecular formula is C12H22O. The van der Waals surface area contributed by atoms with Crippen molar-refractivity contribution in [3.8, 4) is 0 Å². The van der Waals surface area contributed by atoms with Crippen LogP contribution in [-0.2, 0) is 0 Å². The summed E-state index contributed by atoms with van der Waals surface area (Å²) in [4.78, 5) is 0. The molecule has 0 aromatic heterocycles. The lowest BCUT2D eigenvalue weighted by Crippen LogP contribution is -2.01. The molecular weight excluding hydrogens is 160 g/mol. The predicted octanol–water partition coefficient (Wildman–Crippen LogP) is 4.08. The van der Waals surface area contributed by atoms with Gasteiger partial charge in [-0.25, -0.2) is 0 Å². The molecule has 0 bridgehead atoms. The summed E-state index contributed by atoms with van der Waals surface area (Å²) in [7, 11) is 0. The van der Waals surface area contributed by atoms with Gasteiger partial charge < -0.3 is 5.11 Å². The first-order valence-corrected chi connectivity index (χ1v) is 4.97. The van der Waals surface area contributed by atoms with Gasteiger partial charge in [-0.15, -0.1) is 0 Å². The van der Waals surface area contributed by atoms with E-state index < -0.39 is 0 Å². The first-order valence-electron chi connectivity index (χ1n) is 4.97. The normalized spacial score (nSPS) is 16.5. The van der Waals surface area contributed by atoms with E-state index in [0.717, 1.165) is 5.92 Å². The number of aliphatic hydroxyl groups is 1. The van der Waals surface area contributed by atoms with Crippen LogP contribution in [0.4, 0.5) is 0 Å². The lowest BCUT2D eigenvalue weighted by Gasteiger charge is -2.13. The Hall–Kier alpha value is -0.720. The monoisotopic (exact) mass is 182 g/mol. The molecule has 0 heterocycles. The summed E-state index contributed by atoms with van der Waals surface area (Å²) >= 11 is 0. The van der Waals surface area contributed by atoms with Crippen LogP contribution in [0.5, 0.6) is 0 Å². The van der Waals surface area contributed by atoms with Crippen LogP contribution in [0.25, 0.3) is 0 Å². The molecule has 1 heteroatoms. The molecule has 0 aliphatic heterocycles. The molecule has 0 radical (unpaired) electrons. The molecule has 76 valence electrons. The maximum Gasteiger partial charge on any atom is 0.0891 e. The standard InChI is InChI=1S/C12H22O/c1-9(2)8-11(4)10(3)6-7-12(5)13/h6-7,9,11,13H,8H2,1-5H3/b10-6+,12-7+.